The van der Waals surface area contributed by atoms with Gasteiger partial charge in [-0.3, -0.25) is 0 Å². The average Bonchev–Trinajstić information content (AvgIpc) is 2.47. The zero-order chi connectivity index (χ0) is 14.4. The van der Waals surface area contributed by atoms with Crippen LogP contribution in [-0.2, 0) is 0 Å². The highest BCUT2D eigenvalue weighted by Gasteiger charge is 2.23. The molecule has 0 unspecified atom stereocenters. The van der Waals surface area contributed by atoms with E-state index in [4.69, 9.17) is 10.5 Å². The van der Waals surface area contributed by atoms with Crippen molar-refractivity contribution in [2.24, 2.45) is 11.7 Å². The van der Waals surface area contributed by atoms with Crippen molar-refractivity contribution in [3.63, 3.8) is 0 Å². The molecule has 0 saturated heterocycles. The first kappa shape index (κ1) is 15.3. The third kappa shape index (κ3) is 4.20. The Hall–Kier alpha value is -1.10. The first-order valence-corrected chi connectivity index (χ1v) is 7.49. The summed E-state index contributed by atoms with van der Waals surface area (Å²) in [4.78, 5) is 0. The molecule has 4 heteroatoms. The Kier molecular flexibility index (Phi) is 5.83. The van der Waals surface area contributed by atoms with Crippen molar-refractivity contribution in [1.29, 1.82) is 0 Å². The number of rotatable bonds is 6. The molecule has 0 heterocycles. The Balaban J connectivity index is 1.90. The summed E-state index contributed by atoms with van der Waals surface area (Å²) in [6.07, 6.45) is 3.95. The third-order valence-corrected chi connectivity index (χ3v) is 4.02. The van der Waals surface area contributed by atoms with Gasteiger partial charge < -0.3 is 20.7 Å². The fraction of sp³-hybridized carbons (Fsp3) is 0.625. The lowest BCUT2D eigenvalue weighted by Crippen LogP contribution is -2.29. The Morgan fingerprint density at radius 1 is 1.30 bits per heavy atom. The number of aliphatic hydroxyl groups is 2. The molecule has 20 heavy (non-hydrogen) atoms. The van der Waals surface area contributed by atoms with Gasteiger partial charge in [-0.15, -0.1) is 0 Å². The number of hydrogen-bond donors (Lipinski definition) is 3. The van der Waals surface area contributed by atoms with Gasteiger partial charge in [0.15, 0.2) is 0 Å². The molecule has 0 aliphatic heterocycles. The highest BCUT2D eigenvalue weighted by atomic mass is 16.5. The van der Waals surface area contributed by atoms with E-state index in [0.29, 0.717) is 19.6 Å². The average molecular weight is 279 g/mol. The zero-order valence-electron chi connectivity index (χ0n) is 11.9. The number of hydrogen-bond acceptors (Lipinski definition) is 4. The molecule has 1 aliphatic rings. The van der Waals surface area contributed by atoms with E-state index in [-0.39, 0.29) is 12.0 Å². The molecular formula is C16H25NO3. The van der Waals surface area contributed by atoms with Gasteiger partial charge in [0.05, 0.1) is 18.8 Å². The van der Waals surface area contributed by atoms with Gasteiger partial charge in [0.1, 0.15) is 5.75 Å². The van der Waals surface area contributed by atoms with Crippen LogP contribution < -0.4 is 10.5 Å². The highest BCUT2D eigenvalue weighted by Crippen LogP contribution is 2.26. The van der Waals surface area contributed by atoms with Gasteiger partial charge in [-0.05, 0) is 43.5 Å². The summed E-state index contributed by atoms with van der Waals surface area (Å²) in [6.45, 7) is 0.998. The Morgan fingerprint density at radius 3 is 2.85 bits per heavy atom. The Bertz CT molecular complexity index is 410. The molecule has 4 N–H and O–H groups in total. The second-order valence-electron chi connectivity index (χ2n) is 5.59. The minimum absolute atomic E-state index is 0.223. The van der Waals surface area contributed by atoms with Crippen LogP contribution in [0.15, 0.2) is 24.3 Å². The predicted molar refractivity (Wildman–Crippen MR) is 78.5 cm³/mol. The summed E-state index contributed by atoms with van der Waals surface area (Å²) in [7, 11) is 0. The lowest BCUT2D eigenvalue weighted by molar-refractivity contribution is 0.0421. The fourth-order valence-electron chi connectivity index (χ4n) is 2.72. The summed E-state index contributed by atoms with van der Waals surface area (Å²) in [5.41, 5.74) is 6.29. The zero-order valence-corrected chi connectivity index (χ0v) is 11.9. The number of benzene rings is 1. The van der Waals surface area contributed by atoms with E-state index in [1.54, 1.807) is 0 Å². The molecular weight excluding hydrogens is 254 g/mol. The molecule has 1 aromatic rings. The first-order valence-electron chi connectivity index (χ1n) is 7.49. The van der Waals surface area contributed by atoms with Gasteiger partial charge in [-0.25, -0.2) is 0 Å². The summed E-state index contributed by atoms with van der Waals surface area (Å²) in [5.74, 6) is 0.970. The van der Waals surface area contributed by atoms with E-state index < -0.39 is 6.10 Å². The van der Waals surface area contributed by atoms with Crippen molar-refractivity contribution in [2.75, 3.05) is 13.2 Å². The summed E-state index contributed by atoms with van der Waals surface area (Å²) in [6, 6.07) is 7.49. The lowest BCUT2D eigenvalue weighted by Gasteiger charge is -2.27. The van der Waals surface area contributed by atoms with Gasteiger partial charge >= 0.3 is 0 Å². The van der Waals surface area contributed by atoms with Crippen LogP contribution in [0.3, 0.4) is 0 Å². The SMILES string of the molecule is NCC[C@@H](O)c1cccc(OC[C@H]2CCCC[C@@H]2O)c1. The minimum atomic E-state index is -0.538. The van der Waals surface area contributed by atoms with E-state index in [1.807, 2.05) is 24.3 Å². The maximum absolute atomic E-state index is 9.93. The van der Waals surface area contributed by atoms with Gasteiger partial charge in [-0.1, -0.05) is 25.0 Å². The second-order valence-corrected chi connectivity index (χ2v) is 5.59. The second kappa shape index (κ2) is 7.62. The van der Waals surface area contributed by atoms with Crippen LogP contribution in [0, 0.1) is 5.92 Å². The molecule has 0 spiro atoms. The van der Waals surface area contributed by atoms with Crippen LogP contribution >= 0.6 is 0 Å². The molecule has 0 radical (unpaired) electrons. The van der Waals surface area contributed by atoms with Crippen molar-refractivity contribution in [2.45, 2.75) is 44.3 Å². The normalized spacial score (nSPS) is 24.4. The van der Waals surface area contributed by atoms with E-state index in [1.165, 1.54) is 6.42 Å². The standard InChI is InChI=1S/C16H25NO3/c17-9-8-16(19)12-5-3-6-14(10-12)20-11-13-4-1-2-7-15(13)18/h3,5-6,10,13,15-16,18-19H,1-2,4,7-9,11,17H2/t13-,15+,16-/m1/s1. The Morgan fingerprint density at radius 2 is 2.10 bits per heavy atom. The first-order chi connectivity index (χ1) is 9.70. The summed E-state index contributed by atoms with van der Waals surface area (Å²) in [5, 5.41) is 19.9. The molecule has 0 aromatic heterocycles. The summed E-state index contributed by atoms with van der Waals surface area (Å²) < 4.78 is 5.78. The van der Waals surface area contributed by atoms with Crippen LogP contribution in [0.25, 0.3) is 0 Å². The highest BCUT2D eigenvalue weighted by molar-refractivity contribution is 5.29. The molecule has 2 rings (SSSR count). The topological polar surface area (TPSA) is 75.7 Å². The van der Waals surface area contributed by atoms with Crippen molar-refractivity contribution >= 4 is 0 Å². The lowest BCUT2D eigenvalue weighted by atomic mass is 9.87. The smallest absolute Gasteiger partial charge is 0.119 e. The quantitative estimate of drug-likeness (QED) is 0.744. The van der Waals surface area contributed by atoms with Crippen LogP contribution in [0.4, 0.5) is 0 Å². The molecule has 1 saturated carbocycles. The molecule has 1 aliphatic carbocycles. The molecule has 3 atom stereocenters. The molecule has 0 bridgehead atoms. The number of nitrogens with two attached hydrogens (primary N) is 1. The van der Waals surface area contributed by atoms with Crippen molar-refractivity contribution in [3.8, 4) is 5.75 Å². The van der Waals surface area contributed by atoms with Crippen molar-refractivity contribution in [3.05, 3.63) is 29.8 Å². The summed E-state index contributed by atoms with van der Waals surface area (Å²) >= 11 is 0. The molecule has 1 aromatic carbocycles. The van der Waals surface area contributed by atoms with Crippen molar-refractivity contribution in [1.82, 2.24) is 0 Å². The van der Waals surface area contributed by atoms with Crippen molar-refractivity contribution < 1.29 is 14.9 Å². The molecule has 0 amide bonds. The van der Waals surface area contributed by atoms with E-state index in [9.17, 15) is 10.2 Å². The van der Waals surface area contributed by atoms with Crippen LogP contribution in [0.5, 0.6) is 5.75 Å². The largest absolute Gasteiger partial charge is 0.493 e. The Labute approximate surface area is 120 Å². The fourth-order valence-corrected chi connectivity index (χ4v) is 2.72. The van der Waals surface area contributed by atoms with Gasteiger partial charge in [0, 0.05) is 5.92 Å². The maximum atomic E-state index is 9.93. The van der Waals surface area contributed by atoms with E-state index >= 15 is 0 Å². The number of ether oxygens (including phenoxy) is 1. The van der Waals surface area contributed by atoms with Crippen LogP contribution in [0.1, 0.15) is 43.8 Å². The third-order valence-electron chi connectivity index (χ3n) is 4.02. The molecule has 4 nitrogen and oxygen atoms in total. The van der Waals surface area contributed by atoms with E-state index in [2.05, 4.69) is 0 Å². The van der Waals surface area contributed by atoms with Gasteiger partial charge in [-0.2, -0.15) is 0 Å². The van der Waals surface area contributed by atoms with Gasteiger partial charge in [0.2, 0.25) is 0 Å². The minimum Gasteiger partial charge on any atom is -0.493 e. The van der Waals surface area contributed by atoms with Gasteiger partial charge in [0.25, 0.3) is 0 Å². The predicted octanol–water partition coefficient (Wildman–Crippen LogP) is 2.00. The van der Waals surface area contributed by atoms with Crippen LogP contribution in [0.2, 0.25) is 0 Å². The monoisotopic (exact) mass is 279 g/mol. The van der Waals surface area contributed by atoms with Crippen LogP contribution in [-0.4, -0.2) is 29.5 Å². The molecule has 1 fully saturated rings. The maximum Gasteiger partial charge on any atom is 0.119 e. The number of aliphatic hydroxyl groups excluding tert-OH is 2. The molecule has 112 valence electrons. The van der Waals surface area contributed by atoms with E-state index in [0.717, 1.165) is 30.6 Å².